The van der Waals surface area contributed by atoms with E-state index in [1.165, 1.54) is 47.9 Å². The van der Waals surface area contributed by atoms with Crippen LogP contribution in [0.25, 0.3) is 0 Å². The third kappa shape index (κ3) is 2.65. The zero-order chi connectivity index (χ0) is 15.0. The van der Waals surface area contributed by atoms with Crippen LogP contribution in [0.3, 0.4) is 0 Å². The van der Waals surface area contributed by atoms with Gasteiger partial charge in [0.1, 0.15) is 0 Å². The van der Waals surface area contributed by atoms with Crippen molar-refractivity contribution in [2.75, 3.05) is 0 Å². The summed E-state index contributed by atoms with van der Waals surface area (Å²) >= 11 is 0. The minimum absolute atomic E-state index is 0.226. The Balaban J connectivity index is 1.96. The number of fused-ring (bicyclic) bond motifs is 2. The van der Waals surface area contributed by atoms with Gasteiger partial charge in [-0.3, -0.25) is 0 Å². The molecule has 1 aromatic rings. The van der Waals surface area contributed by atoms with E-state index in [1.807, 2.05) is 0 Å². The lowest BCUT2D eigenvalue weighted by atomic mass is 9.78. The van der Waals surface area contributed by atoms with Crippen LogP contribution in [0.2, 0.25) is 0 Å². The zero-order valence-corrected chi connectivity index (χ0v) is 13.9. The molecule has 4 atom stereocenters. The molecule has 0 aromatic heterocycles. The molecule has 4 unspecified atom stereocenters. The molecule has 1 N–H and O–H groups in total. The van der Waals surface area contributed by atoms with Crippen molar-refractivity contribution in [3.63, 3.8) is 0 Å². The minimum atomic E-state index is -0.226. The molecule has 0 radical (unpaired) electrons. The van der Waals surface area contributed by atoms with Gasteiger partial charge < -0.3 is 5.11 Å². The van der Waals surface area contributed by atoms with Gasteiger partial charge in [0, 0.05) is 0 Å². The second kappa shape index (κ2) is 6.12. The highest BCUT2D eigenvalue weighted by molar-refractivity contribution is 5.41. The van der Waals surface area contributed by atoms with Crippen molar-refractivity contribution >= 4 is 0 Å². The van der Waals surface area contributed by atoms with E-state index in [-0.39, 0.29) is 6.10 Å². The van der Waals surface area contributed by atoms with Crippen LogP contribution in [-0.4, -0.2) is 5.11 Å². The van der Waals surface area contributed by atoms with Crippen LogP contribution in [-0.2, 0) is 19.3 Å². The lowest BCUT2D eigenvalue weighted by Gasteiger charge is -2.30. The summed E-state index contributed by atoms with van der Waals surface area (Å²) in [5.41, 5.74) is 5.49. The summed E-state index contributed by atoms with van der Waals surface area (Å²) in [5, 5.41) is 11.1. The van der Waals surface area contributed by atoms with Gasteiger partial charge in [-0.25, -0.2) is 0 Å². The highest BCUT2D eigenvalue weighted by atomic mass is 16.3. The second-order valence-corrected chi connectivity index (χ2v) is 7.17. The Bertz CT molecular complexity index is 480. The number of hydrogen-bond donors (Lipinski definition) is 1. The quantitative estimate of drug-likeness (QED) is 0.821. The van der Waals surface area contributed by atoms with Crippen LogP contribution in [0.1, 0.15) is 74.8 Å². The van der Waals surface area contributed by atoms with Crippen LogP contribution in [0.4, 0.5) is 0 Å². The van der Waals surface area contributed by atoms with Gasteiger partial charge in [0.05, 0.1) is 6.10 Å². The van der Waals surface area contributed by atoms with E-state index in [4.69, 9.17) is 0 Å². The molecular weight excluding hydrogens is 256 g/mol. The predicted molar refractivity (Wildman–Crippen MR) is 88.5 cm³/mol. The van der Waals surface area contributed by atoms with Gasteiger partial charge in [0.15, 0.2) is 0 Å². The Morgan fingerprint density at radius 3 is 2.10 bits per heavy atom. The molecule has 21 heavy (non-hydrogen) atoms. The van der Waals surface area contributed by atoms with Gasteiger partial charge in [-0.2, -0.15) is 0 Å². The molecule has 3 rings (SSSR count). The first kappa shape index (κ1) is 15.1. The molecule has 2 fully saturated rings. The standard InChI is InChI=1S/C20H30O/c1-4-13-9-15(5-2)19(16(6-3)10-13)20(21)18-12-14-7-8-17(18)11-14/h9-10,14,17-18,20-21H,4-8,11-12H2,1-3H3. The first-order valence-corrected chi connectivity index (χ1v) is 9.00. The van der Waals surface area contributed by atoms with Crippen LogP contribution >= 0.6 is 0 Å². The summed E-state index contributed by atoms with van der Waals surface area (Å²) in [7, 11) is 0. The minimum Gasteiger partial charge on any atom is -0.388 e. The van der Waals surface area contributed by atoms with Crippen LogP contribution in [0.5, 0.6) is 0 Å². The Kier molecular flexibility index (Phi) is 4.40. The summed E-state index contributed by atoms with van der Waals surface area (Å²) in [6.45, 7) is 6.68. The fraction of sp³-hybridized carbons (Fsp3) is 0.700. The smallest absolute Gasteiger partial charge is 0.0826 e. The van der Waals surface area contributed by atoms with Crippen molar-refractivity contribution < 1.29 is 5.11 Å². The van der Waals surface area contributed by atoms with E-state index < -0.39 is 0 Å². The van der Waals surface area contributed by atoms with E-state index in [0.29, 0.717) is 5.92 Å². The monoisotopic (exact) mass is 286 g/mol. The summed E-state index contributed by atoms with van der Waals surface area (Å²) < 4.78 is 0. The summed E-state index contributed by atoms with van der Waals surface area (Å²) in [6, 6.07) is 4.68. The Morgan fingerprint density at radius 2 is 1.67 bits per heavy atom. The molecule has 0 spiro atoms. The molecule has 2 saturated carbocycles. The summed E-state index contributed by atoms with van der Waals surface area (Å²) in [4.78, 5) is 0. The van der Waals surface area contributed by atoms with Crippen LogP contribution in [0.15, 0.2) is 12.1 Å². The average Bonchev–Trinajstić information content (AvgIpc) is 3.15. The number of rotatable bonds is 5. The summed E-state index contributed by atoms with van der Waals surface area (Å²) in [5.74, 6) is 2.21. The van der Waals surface area contributed by atoms with Gasteiger partial charge in [0.2, 0.25) is 0 Å². The third-order valence-electron chi connectivity index (χ3n) is 6.08. The maximum atomic E-state index is 11.1. The number of benzene rings is 1. The normalized spacial score (nSPS) is 29.0. The molecule has 116 valence electrons. The number of aryl methyl sites for hydroxylation is 3. The van der Waals surface area contributed by atoms with Crippen molar-refractivity contribution in [2.24, 2.45) is 17.8 Å². The van der Waals surface area contributed by atoms with Gasteiger partial charge in [-0.05, 0) is 78.5 Å². The number of aliphatic hydroxyl groups is 1. The molecule has 1 aromatic carbocycles. The van der Waals surface area contributed by atoms with E-state index in [2.05, 4.69) is 32.9 Å². The van der Waals surface area contributed by atoms with E-state index in [0.717, 1.165) is 31.1 Å². The highest BCUT2D eigenvalue weighted by Crippen LogP contribution is 2.53. The number of hydrogen-bond acceptors (Lipinski definition) is 1. The Morgan fingerprint density at radius 1 is 1.00 bits per heavy atom. The molecule has 0 amide bonds. The molecule has 0 saturated heterocycles. The van der Waals surface area contributed by atoms with Gasteiger partial charge >= 0.3 is 0 Å². The first-order chi connectivity index (χ1) is 10.2. The van der Waals surface area contributed by atoms with Crippen molar-refractivity contribution in [3.05, 3.63) is 34.4 Å². The largest absolute Gasteiger partial charge is 0.388 e. The zero-order valence-electron chi connectivity index (χ0n) is 13.9. The predicted octanol–water partition coefficient (Wildman–Crippen LogP) is 4.84. The van der Waals surface area contributed by atoms with Gasteiger partial charge in [-0.1, -0.05) is 39.3 Å². The van der Waals surface area contributed by atoms with E-state index in [9.17, 15) is 5.11 Å². The Hall–Kier alpha value is -0.820. The molecule has 1 heteroatoms. The van der Waals surface area contributed by atoms with Gasteiger partial charge in [0.25, 0.3) is 0 Å². The molecule has 2 aliphatic carbocycles. The molecule has 0 aliphatic heterocycles. The van der Waals surface area contributed by atoms with Crippen molar-refractivity contribution in [1.29, 1.82) is 0 Å². The van der Waals surface area contributed by atoms with Crippen molar-refractivity contribution in [1.82, 2.24) is 0 Å². The van der Waals surface area contributed by atoms with Crippen LogP contribution in [0, 0.1) is 17.8 Å². The lowest BCUT2D eigenvalue weighted by molar-refractivity contribution is 0.0731. The first-order valence-electron chi connectivity index (χ1n) is 9.00. The van der Waals surface area contributed by atoms with Gasteiger partial charge in [-0.15, -0.1) is 0 Å². The maximum Gasteiger partial charge on any atom is 0.0826 e. The topological polar surface area (TPSA) is 20.2 Å². The van der Waals surface area contributed by atoms with Crippen molar-refractivity contribution in [2.45, 2.75) is 71.8 Å². The molecule has 2 aliphatic rings. The van der Waals surface area contributed by atoms with E-state index in [1.54, 1.807) is 0 Å². The third-order valence-corrected chi connectivity index (χ3v) is 6.08. The SMILES string of the molecule is CCc1cc(CC)c(C(O)C2CC3CCC2C3)c(CC)c1. The molecular formula is C20H30O. The Labute approximate surface area is 129 Å². The number of aliphatic hydroxyl groups excluding tert-OH is 1. The molecule has 0 heterocycles. The summed E-state index contributed by atoms with van der Waals surface area (Å²) in [6.07, 6.45) is 8.32. The molecule has 2 bridgehead atoms. The fourth-order valence-corrected chi connectivity index (χ4v) is 4.91. The van der Waals surface area contributed by atoms with E-state index >= 15 is 0 Å². The average molecular weight is 286 g/mol. The van der Waals surface area contributed by atoms with Crippen LogP contribution < -0.4 is 0 Å². The maximum absolute atomic E-state index is 11.1. The molecule has 1 nitrogen and oxygen atoms in total. The fourth-order valence-electron chi connectivity index (χ4n) is 4.91. The van der Waals surface area contributed by atoms with Crippen molar-refractivity contribution in [3.8, 4) is 0 Å². The lowest BCUT2D eigenvalue weighted by Crippen LogP contribution is -2.21. The second-order valence-electron chi connectivity index (χ2n) is 7.17. The highest BCUT2D eigenvalue weighted by Gasteiger charge is 2.43.